The highest BCUT2D eigenvalue weighted by Gasteiger charge is 2.34. The van der Waals surface area contributed by atoms with E-state index in [0.717, 1.165) is 34.4 Å². The normalized spacial score (nSPS) is 19.0. The van der Waals surface area contributed by atoms with Gasteiger partial charge in [0.25, 0.3) is 0 Å². The van der Waals surface area contributed by atoms with Gasteiger partial charge in [0.1, 0.15) is 5.82 Å². The zero-order valence-corrected chi connectivity index (χ0v) is 25.8. The minimum Gasteiger partial charge on any atom is -0.349 e. The van der Waals surface area contributed by atoms with E-state index in [4.69, 9.17) is 21.6 Å². The van der Waals surface area contributed by atoms with E-state index in [1.807, 2.05) is 43.0 Å². The topological polar surface area (TPSA) is 71.3 Å². The number of carbonyl (C=O) groups is 1. The molecule has 0 saturated carbocycles. The molecule has 8 heteroatoms. The van der Waals surface area contributed by atoms with Gasteiger partial charge in [-0.1, -0.05) is 86.6 Å². The summed E-state index contributed by atoms with van der Waals surface area (Å²) in [6.45, 7) is 13.0. The number of pyridine rings is 1. The zero-order valence-electron chi connectivity index (χ0n) is 25.0. The van der Waals surface area contributed by atoms with Crippen molar-refractivity contribution >= 4 is 34.4 Å². The maximum atomic E-state index is 14.3. The van der Waals surface area contributed by atoms with Gasteiger partial charge in [0.05, 0.1) is 21.8 Å². The fourth-order valence-electron chi connectivity index (χ4n) is 6.43. The summed E-state index contributed by atoms with van der Waals surface area (Å²) < 4.78 is 1.69. The molecule has 2 unspecified atom stereocenters. The highest BCUT2D eigenvalue weighted by molar-refractivity contribution is 6.34. The molecule has 1 saturated heterocycles. The van der Waals surface area contributed by atoms with Crippen molar-refractivity contribution in [1.82, 2.24) is 19.4 Å². The summed E-state index contributed by atoms with van der Waals surface area (Å²) in [5.41, 5.74) is 5.73. The SMILES string of the molecule is C=CC(=O)N1CC(C)N(c2nc(=O)n3c4nc(c(Cl)cc24)-c2ccccc2C/C=C\Cc2cccc(C(C)C)c2-3)CC1C. The molecule has 4 heterocycles. The lowest BCUT2D eigenvalue weighted by molar-refractivity contribution is -0.128. The largest absolute Gasteiger partial charge is 0.355 e. The number of carbonyl (C=O) groups excluding carboxylic acids is 1. The highest BCUT2D eigenvalue weighted by Crippen LogP contribution is 2.37. The van der Waals surface area contributed by atoms with Crippen LogP contribution in [0.5, 0.6) is 0 Å². The van der Waals surface area contributed by atoms with Crippen LogP contribution in [0.1, 0.15) is 50.3 Å². The number of amides is 1. The molecule has 2 aliphatic heterocycles. The molecule has 2 bridgehead atoms. The molecule has 2 aromatic heterocycles. The lowest BCUT2D eigenvalue weighted by atomic mass is 9.95. The predicted molar refractivity (Wildman–Crippen MR) is 174 cm³/mol. The molecule has 43 heavy (non-hydrogen) atoms. The van der Waals surface area contributed by atoms with Crippen LogP contribution in [0.25, 0.3) is 28.0 Å². The van der Waals surface area contributed by atoms with Crippen molar-refractivity contribution in [1.29, 1.82) is 0 Å². The monoisotopic (exact) mass is 593 g/mol. The van der Waals surface area contributed by atoms with Crippen molar-refractivity contribution < 1.29 is 4.79 Å². The van der Waals surface area contributed by atoms with Gasteiger partial charge in [-0.3, -0.25) is 4.79 Å². The van der Waals surface area contributed by atoms with Gasteiger partial charge in [-0.05, 0) is 61.4 Å². The van der Waals surface area contributed by atoms with Crippen molar-refractivity contribution in [3.05, 3.63) is 106 Å². The van der Waals surface area contributed by atoms with E-state index in [1.54, 1.807) is 4.57 Å². The molecule has 0 spiro atoms. The lowest BCUT2D eigenvalue weighted by Gasteiger charge is -2.44. The average Bonchev–Trinajstić information content (AvgIpc) is 2.99. The molecule has 0 aliphatic carbocycles. The summed E-state index contributed by atoms with van der Waals surface area (Å²) in [5.74, 6) is 0.594. The number of nitrogens with zero attached hydrogens (tertiary/aromatic N) is 5. The van der Waals surface area contributed by atoms with Crippen LogP contribution in [0.3, 0.4) is 0 Å². The first-order valence-corrected chi connectivity index (χ1v) is 15.3. The number of aromatic nitrogens is 3. The van der Waals surface area contributed by atoms with Crippen molar-refractivity contribution in [3.8, 4) is 16.9 Å². The van der Waals surface area contributed by atoms with Crippen molar-refractivity contribution in [2.75, 3.05) is 18.0 Å². The fourth-order valence-corrected chi connectivity index (χ4v) is 6.68. The van der Waals surface area contributed by atoms with E-state index in [-0.39, 0.29) is 23.9 Å². The Labute approximate surface area is 257 Å². The Morgan fingerprint density at radius 1 is 1.00 bits per heavy atom. The third-order valence-electron chi connectivity index (χ3n) is 8.63. The molecule has 2 aromatic carbocycles. The van der Waals surface area contributed by atoms with E-state index in [1.165, 1.54) is 6.08 Å². The van der Waals surface area contributed by atoms with Crippen molar-refractivity contribution in [3.63, 3.8) is 0 Å². The highest BCUT2D eigenvalue weighted by atomic mass is 35.5. The number of hydrogen-bond donors (Lipinski definition) is 0. The second-order valence-corrected chi connectivity index (χ2v) is 12.2. The second-order valence-electron chi connectivity index (χ2n) is 11.8. The van der Waals surface area contributed by atoms with Crippen LogP contribution in [0.4, 0.5) is 5.82 Å². The third-order valence-corrected chi connectivity index (χ3v) is 8.92. The fraction of sp³-hybridized carbons (Fsp3) is 0.314. The molecule has 7 nitrogen and oxygen atoms in total. The summed E-state index contributed by atoms with van der Waals surface area (Å²) >= 11 is 7.06. The molecular formula is C35H36ClN5O2. The Hall–Kier alpha value is -4.23. The maximum Gasteiger partial charge on any atom is 0.355 e. The van der Waals surface area contributed by atoms with E-state index in [2.05, 4.69) is 61.7 Å². The Morgan fingerprint density at radius 2 is 1.72 bits per heavy atom. The Bertz CT molecular complexity index is 1840. The summed E-state index contributed by atoms with van der Waals surface area (Å²) in [4.78, 5) is 40.7. The van der Waals surface area contributed by atoms with E-state index >= 15 is 0 Å². The number of allylic oxidation sites excluding steroid dienone is 2. The number of piperazine rings is 1. The van der Waals surface area contributed by atoms with Gasteiger partial charge < -0.3 is 9.80 Å². The van der Waals surface area contributed by atoms with Gasteiger partial charge in [0.2, 0.25) is 5.91 Å². The van der Waals surface area contributed by atoms with Crippen LogP contribution in [-0.2, 0) is 17.6 Å². The lowest BCUT2D eigenvalue weighted by Crippen LogP contribution is -2.58. The average molecular weight is 594 g/mol. The van der Waals surface area contributed by atoms with Gasteiger partial charge in [0.15, 0.2) is 5.65 Å². The molecule has 0 N–H and O–H groups in total. The van der Waals surface area contributed by atoms with Crippen molar-refractivity contribution in [2.24, 2.45) is 0 Å². The molecule has 1 amide bonds. The van der Waals surface area contributed by atoms with E-state index in [0.29, 0.717) is 47.1 Å². The van der Waals surface area contributed by atoms with Gasteiger partial charge in [-0.15, -0.1) is 0 Å². The quantitative estimate of drug-likeness (QED) is 0.201. The van der Waals surface area contributed by atoms with Gasteiger partial charge in [-0.25, -0.2) is 14.3 Å². The Kier molecular flexibility index (Phi) is 7.69. The smallest absolute Gasteiger partial charge is 0.349 e. The Morgan fingerprint density at radius 3 is 2.47 bits per heavy atom. The number of halogens is 1. The first-order valence-electron chi connectivity index (χ1n) is 14.9. The molecule has 1 fully saturated rings. The van der Waals surface area contributed by atoms with Crippen molar-refractivity contribution in [2.45, 2.75) is 58.5 Å². The number of rotatable bonds is 3. The Balaban J connectivity index is 1.68. The maximum absolute atomic E-state index is 14.3. The van der Waals surface area contributed by atoms with Crippen LogP contribution in [0.2, 0.25) is 5.02 Å². The standard InChI is InChI=1S/C35H36ClN5O2/c1-6-30(42)39-19-23(5)40(20-22(39)4)33-28-18-29(36)31-27-16-10-9-13-24(27)12-7-8-14-25-15-11-17-26(21(2)3)32(25)41(34(28)37-31)35(43)38-33/h6-11,13,15-18,21-23H,1,12,14,19-20H2,2-5H3/b8-7-. The van der Waals surface area contributed by atoms with E-state index < -0.39 is 5.69 Å². The molecule has 0 radical (unpaired) electrons. The van der Waals surface area contributed by atoms with Gasteiger partial charge >= 0.3 is 5.69 Å². The minimum atomic E-state index is -0.392. The first kappa shape index (κ1) is 28.9. The van der Waals surface area contributed by atoms with Crippen LogP contribution >= 0.6 is 11.6 Å². The molecular weight excluding hydrogens is 558 g/mol. The number of benzene rings is 2. The summed E-state index contributed by atoms with van der Waals surface area (Å²) in [6.07, 6.45) is 7.10. The van der Waals surface area contributed by atoms with Crippen LogP contribution in [0, 0.1) is 0 Å². The summed E-state index contributed by atoms with van der Waals surface area (Å²) in [5, 5.41) is 1.19. The van der Waals surface area contributed by atoms with Gasteiger partial charge in [-0.2, -0.15) is 4.98 Å². The molecule has 4 aromatic rings. The number of para-hydroxylation sites is 1. The number of hydrogen-bond acceptors (Lipinski definition) is 5. The predicted octanol–water partition coefficient (Wildman–Crippen LogP) is 6.49. The van der Waals surface area contributed by atoms with E-state index in [9.17, 15) is 9.59 Å². The first-order chi connectivity index (χ1) is 20.7. The molecule has 2 aliphatic rings. The zero-order chi connectivity index (χ0) is 30.4. The number of fused-ring (bicyclic) bond motifs is 5. The second kappa shape index (κ2) is 11.5. The summed E-state index contributed by atoms with van der Waals surface area (Å²) in [6, 6.07) is 16.1. The van der Waals surface area contributed by atoms with Crippen LogP contribution in [-0.4, -0.2) is 50.5 Å². The molecule has 6 rings (SSSR count). The third kappa shape index (κ3) is 5.06. The minimum absolute atomic E-state index is 0.0977. The molecule has 220 valence electrons. The number of anilines is 1. The van der Waals surface area contributed by atoms with Gasteiger partial charge in [0, 0.05) is 30.7 Å². The van der Waals surface area contributed by atoms with Crippen LogP contribution in [0.15, 0.2) is 78.1 Å². The molecule has 2 atom stereocenters. The summed E-state index contributed by atoms with van der Waals surface area (Å²) in [7, 11) is 0. The van der Waals surface area contributed by atoms with Crippen LogP contribution < -0.4 is 10.6 Å².